The van der Waals surface area contributed by atoms with Gasteiger partial charge in [0.15, 0.2) is 0 Å². The van der Waals surface area contributed by atoms with Crippen LogP contribution in [0.1, 0.15) is 0 Å². The van der Waals surface area contributed by atoms with E-state index in [0.29, 0.717) is 4.90 Å². The molecule has 0 N–H and O–H groups in total. The van der Waals surface area contributed by atoms with Crippen molar-refractivity contribution >= 4 is 21.9 Å². The average Bonchev–Trinajstić information content (AvgIpc) is 2.62. The summed E-state index contributed by atoms with van der Waals surface area (Å²) in [4.78, 5) is 1.14. The van der Waals surface area contributed by atoms with Crippen molar-refractivity contribution in [2.75, 3.05) is 0 Å². The minimum absolute atomic E-state index is 0.423. The molecule has 0 aromatic heterocycles. The second-order valence-corrected chi connectivity index (χ2v) is 8.32. The van der Waals surface area contributed by atoms with Crippen LogP contribution in [0.15, 0.2) is 64.4 Å². The Morgan fingerprint density at radius 2 is 1.13 bits per heavy atom. The Bertz CT molecular complexity index is 973. The zero-order valence-corrected chi connectivity index (χ0v) is 15.8. The zero-order chi connectivity index (χ0) is 23.0. The highest BCUT2D eigenvalue weighted by Crippen LogP contribution is 2.55. The molecule has 0 heterocycles. The fourth-order valence-corrected chi connectivity index (χ4v) is 3.63. The van der Waals surface area contributed by atoms with E-state index < -0.39 is 39.1 Å². The lowest BCUT2D eigenvalue weighted by Gasteiger charge is -2.32. The van der Waals surface area contributed by atoms with Crippen LogP contribution in [0.4, 0.5) is 39.5 Å². The van der Waals surface area contributed by atoms with Crippen LogP contribution in [0.25, 0.3) is 0 Å². The molecule has 30 heavy (non-hydrogen) atoms. The third kappa shape index (κ3) is 4.33. The molecule has 0 bridgehead atoms. The Hall–Kier alpha value is -2.09. The maximum absolute atomic E-state index is 13.6. The van der Waals surface area contributed by atoms with Crippen LogP contribution in [0.5, 0.6) is 5.75 Å². The molecule has 0 amide bonds. The number of hydrogen-bond acceptors (Lipinski definition) is 4. The molecule has 3 nitrogen and oxygen atoms in total. The van der Waals surface area contributed by atoms with Crippen LogP contribution in [-0.2, 0) is 10.1 Å². The molecule has 0 saturated heterocycles. The van der Waals surface area contributed by atoms with Gasteiger partial charge in [-0.3, -0.25) is 0 Å². The van der Waals surface area contributed by atoms with Gasteiger partial charge in [0.05, 0.1) is 0 Å². The molecule has 0 aliphatic rings. The lowest BCUT2D eigenvalue weighted by atomic mass is 10.1. The molecule has 0 saturated carbocycles. The van der Waals surface area contributed by atoms with Crippen LogP contribution in [0.3, 0.4) is 0 Å². The Morgan fingerprint density at radius 3 is 1.60 bits per heavy atom. The summed E-state index contributed by atoms with van der Waals surface area (Å²) in [6.45, 7) is 0. The molecule has 2 aromatic carbocycles. The summed E-state index contributed by atoms with van der Waals surface area (Å²) in [5.74, 6) is -15.7. The lowest BCUT2D eigenvalue weighted by Crippen LogP contribution is -2.63. The Morgan fingerprint density at radius 1 is 0.667 bits per heavy atom. The zero-order valence-electron chi connectivity index (χ0n) is 14.1. The minimum Gasteiger partial charge on any atom is -0.378 e. The van der Waals surface area contributed by atoms with Gasteiger partial charge < -0.3 is 4.18 Å². The first-order chi connectivity index (χ1) is 13.5. The highest BCUT2D eigenvalue weighted by atomic mass is 32.2. The van der Waals surface area contributed by atoms with Crippen molar-refractivity contribution in [3.05, 3.63) is 54.6 Å². The van der Waals surface area contributed by atoms with E-state index in [1.165, 1.54) is 0 Å². The van der Waals surface area contributed by atoms with E-state index in [9.17, 15) is 47.9 Å². The maximum atomic E-state index is 13.6. The summed E-state index contributed by atoms with van der Waals surface area (Å²) in [5.41, 5.74) is 0. The second-order valence-electron chi connectivity index (χ2n) is 5.59. The Labute approximate surface area is 168 Å². The van der Waals surface area contributed by atoms with Crippen LogP contribution in [-0.4, -0.2) is 31.7 Å². The molecular weight excluding hydrogens is 475 g/mol. The highest BCUT2D eigenvalue weighted by molar-refractivity contribution is 7.99. The van der Waals surface area contributed by atoms with E-state index in [4.69, 9.17) is 0 Å². The summed E-state index contributed by atoms with van der Waals surface area (Å²) in [5, 5.41) is -6.91. The molecule has 0 atom stereocenters. The predicted octanol–water partition coefficient (Wildman–Crippen LogP) is 5.97. The standard InChI is InChI=1S/C16H9F9O3S2/c17-13(18,15(21,22)23)14(19,20)16(24,25)30(26,27)28-10-6-8-12(9-7-10)29-11-4-2-1-3-5-11/h1-9H. The largest absolute Gasteiger partial charge is 0.460 e. The molecule has 0 radical (unpaired) electrons. The molecule has 166 valence electrons. The molecule has 0 aliphatic carbocycles. The first-order valence-corrected chi connectivity index (χ1v) is 9.72. The molecule has 2 rings (SSSR count). The third-order valence-corrected chi connectivity index (χ3v) is 5.75. The summed E-state index contributed by atoms with van der Waals surface area (Å²) in [6.07, 6.45) is -7.15. The van der Waals surface area contributed by atoms with Gasteiger partial charge in [0.2, 0.25) is 0 Å². The van der Waals surface area contributed by atoms with Crippen molar-refractivity contribution in [3.63, 3.8) is 0 Å². The summed E-state index contributed by atoms with van der Waals surface area (Å²) >= 11 is 1.13. The highest BCUT2D eigenvalue weighted by Gasteiger charge is 2.86. The summed E-state index contributed by atoms with van der Waals surface area (Å²) in [7, 11) is -6.96. The quantitative estimate of drug-likeness (QED) is 0.359. The number of benzene rings is 2. The predicted molar refractivity (Wildman–Crippen MR) is 87.5 cm³/mol. The smallest absolute Gasteiger partial charge is 0.378 e. The Balaban J connectivity index is 2.26. The van der Waals surface area contributed by atoms with Crippen LogP contribution >= 0.6 is 11.8 Å². The van der Waals surface area contributed by atoms with Crippen LogP contribution < -0.4 is 4.18 Å². The summed E-state index contributed by atoms with van der Waals surface area (Å²) in [6, 6.07) is 12.2. The molecule has 0 aliphatic heterocycles. The SMILES string of the molecule is O=S(=O)(Oc1ccc(Sc2ccccc2)cc1)C(F)(F)C(F)(F)C(F)(F)C(F)(F)F. The van der Waals surface area contributed by atoms with Crippen molar-refractivity contribution in [2.45, 2.75) is 33.1 Å². The van der Waals surface area contributed by atoms with E-state index in [0.717, 1.165) is 40.9 Å². The van der Waals surface area contributed by atoms with Crippen LogP contribution in [0, 0.1) is 0 Å². The van der Waals surface area contributed by atoms with Crippen molar-refractivity contribution in [1.82, 2.24) is 0 Å². The van der Waals surface area contributed by atoms with Crippen molar-refractivity contribution < 1.29 is 52.1 Å². The average molecular weight is 484 g/mol. The first kappa shape index (κ1) is 24.2. The van der Waals surface area contributed by atoms with Gasteiger partial charge in [-0.2, -0.15) is 47.9 Å². The fourth-order valence-electron chi connectivity index (χ4n) is 1.88. The second kappa shape index (κ2) is 7.87. The van der Waals surface area contributed by atoms with E-state index in [2.05, 4.69) is 4.18 Å². The first-order valence-electron chi connectivity index (χ1n) is 7.50. The van der Waals surface area contributed by atoms with Gasteiger partial charge in [-0.1, -0.05) is 30.0 Å². The van der Waals surface area contributed by atoms with Gasteiger partial charge in [-0.15, -0.1) is 0 Å². The van der Waals surface area contributed by atoms with E-state index >= 15 is 0 Å². The number of hydrogen-bond donors (Lipinski definition) is 0. The number of rotatable bonds is 7. The van der Waals surface area contributed by atoms with Crippen molar-refractivity contribution in [2.24, 2.45) is 0 Å². The molecule has 0 fully saturated rings. The Kier molecular flexibility index (Phi) is 6.34. The van der Waals surface area contributed by atoms with Gasteiger partial charge in [0.1, 0.15) is 5.75 Å². The van der Waals surface area contributed by atoms with Gasteiger partial charge in [-0.25, -0.2) is 0 Å². The van der Waals surface area contributed by atoms with Gasteiger partial charge >= 0.3 is 33.4 Å². The fraction of sp³-hybridized carbons (Fsp3) is 0.250. The normalized spacial score (nSPS) is 13.9. The number of alkyl halides is 9. The molecule has 0 unspecified atom stereocenters. The van der Waals surface area contributed by atoms with Crippen molar-refractivity contribution in [1.29, 1.82) is 0 Å². The van der Waals surface area contributed by atoms with Gasteiger partial charge in [0.25, 0.3) is 0 Å². The summed E-state index contributed by atoms with van der Waals surface area (Å²) < 4.78 is 142. The molecule has 2 aromatic rings. The molecule has 0 spiro atoms. The topological polar surface area (TPSA) is 43.4 Å². The van der Waals surface area contributed by atoms with Gasteiger partial charge in [-0.05, 0) is 36.4 Å². The van der Waals surface area contributed by atoms with E-state index in [1.54, 1.807) is 30.3 Å². The number of halogens is 9. The van der Waals surface area contributed by atoms with Crippen LogP contribution in [0.2, 0.25) is 0 Å². The van der Waals surface area contributed by atoms with Gasteiger partial charge in [0, 0.05) is 9.79 Å². The van der Waals surface area contributed by atoms with Crippen molar-refractivity contribution in [3.8, 4) is 5.75 Å². The van der Waals surface area contributed by atoms with E-state index in [-0.39, 0.29) is 0 Å². The monoisotopic (exact) mass is 484 g/mol. The third-order valence-electron chi connectivity index (χ3n) is 3.44. The molecular formula is C16H9F9O3S2. The lowest BCUT2D eigenvalue weighted by molar-refractivity contribution is -0.382. The minimum atomic E-state index is -7.35. The molecule has 14 heteroatoms. The maximum Gasteiger partial charge on any atom is 0.460 e. The van der Waals surface area contributed by atoms with E-state index in [1.807, 2.05) is 0 Å².